The maximum Gasteiger partial charge on any atom is 0.416 e. The van der Waals surface area contributed by atoms with Crippen molar-refractivity contribution in [3.63, 3.8) is 0 Å². The Morgan fingerprint density at radius 2 is 1.92 bits per heavy atom. The van der Waals surface area contributed by atoms with E-state index in [-0.39, 0.29) is 17.9 Å². The van der Waals surface area contributed by atoms with Gasteiger partial charge in [0.15, 0.2) is 5.69 Å². The van der Waals surface area contributed by atoms with Crippen molar-refractivity contribution >= 4 is 11.9 Å². The highest BCUT2D eigenvalue weighted by molar-refractivity contribution is 5.92. The first kappa shape index (κ1) is 18.5. The molecule has 0 saturated carbocycles. The highest BCUT2D eigenvalue weighted by atomic mass is 19.4. The van der Waals surface area contributed by atoms with Gasteiger partial charge in [0.25, 0.3) is 5.91 Å². The van der Waals surface area contributed by atoms with Gasteiger partial charge in [0.05, 0.1) is 16.7 Å². The fourth-order valence-corrected chi connectivity index (χ4v) is 1.88. The van der Waals surface area contributed by atoms with Crippen LogP contribution in [0.2, 0.25) is 0 Å². The average Bonchev–Trinajstić information content (AvgIpc) is 3.02. The Balaban J connectivity index is 2.15. The van der Waals surface area contributed by atoms with Crippen LogP contribution in [-0.2, 0) is 11.0 Å². The standard InChI is InChI=1S/C16H16F3N3O3/c1-15(2,14(24)25)9-20-13(23)12-6-7-22(21-12)11-5-3-4-10(8-11)16(17,18)19/h3-8H,9H2,1-2H3,(H,20,23)(H,24,25). The van der Waals surface area contributed by atoms with Gasteiger partial charge in [-0.2, -0.15) is 18.3 Å². The third kappa shape index (κ3) is 4.37. The van der Waals surface area contributed by atoms with Gasteiger partial charge >= 0.3 is 12.1 Å². The number of amides is 1. The number of alkyl halides is 3. The number of hydrogen-bond donors (Lipinski definition) is 2. The number of aliphatic carboxylic acids is 1. The molecule has 1 amide bonds. The van der Waals surface area contributed by atoms with Crippen molar-refractivity contribution in [3.05, 3.63) is 47.8 Å². The molecule has 0 unspecified atom stereocenters. The minimum Gasteiger partial charge on any atom is -0.481 e. The highest BCUT2D eigenvalue weighted by Crippen LogP contribution is 2.30. The van der Waals surface area contributed by atoms with Crippen LogP contribution in [-0.4, -0.2) is 33.3 Å². The summed E-state index contributed by atoms with van der Waals surface area (Å²) in [5.74, 6) is -1.68. The van der Waals surface area contributed by atoms with Crippen LogP contribution < -0.4 is 5.32 Å². The van der Waals surface area contributed by atoms with Crippen molar-refractivity contribution in [1.29, 1.82) is 0 Å². The van der Waals surface area contributed by atoms with E-state index in [4.69, 9.17) is 5.11 Å². The van der Waals surface area contributed by atoms with Crippen molar-refractivity contribution in [2.45, 2.75) is 20.0 Å². The normalized spacial score (nSPS) is 12.0. The van der Waals surface area contributed by atoms with E-state index >= 15 is 0 Å². The second kappa shape index (κ2) is 6.58. The zero-order chi connectivity index (χ0) is 18.8. The van der Waals surface area contributed by atoms with E-state index in [2.05, 4.69) is 10.4 Å². The van der Waals surface area contributed by atoms with E-state index in [1.54, 1.807) is 0 Å². The van der Waals surface area contributed by atoms with Gasteiger partial charge < -0.3 is 10.4 Å². The summed E-state index contributed by atoms with van der Waals surface area (Å²) in [5, 5.41) is 15.4. The number of halogens is 3. The van der Waals surface area contributed by atoms with Crippen LogP contribution in [0.3, 0.4) is 0 Å². The topological polar surface area (TPSA) is 84.2 Å². The number of carboxylic acid groups (broad SMARTS) is 1. The molecule has 0 aliphatic heterocycles. The molecule has 2 N–H and O–H groups in total. The molecule has 1 aromatic carbocycles. The summed E-state index contributed by atoms with van der Waals surface area (Å²) in [4.78, 5) is 23.0. The van der Waals surface area contributed by atoms with E-state index in [0.29, 0.717) is 0 Å². The van der Waals surface area contributed by atoms with Gasteiger partial charge in [-0.1, -0.05) is 6.07 Å². The minimum atomic E-state index is -4.48. The Morgan fingerprint density at radius 3 is 2.52 bits per heavy atom. The van der Waals surface area contributed by atoms with Crippen LogP contribution in [0.25, 0.3) is 5.69 Å². The third-order valence-electron chi connectivity index (χ3n) is 3.53. The molecule has 6 nitrogen and oxygen atoms in total. The zero-order valence-corrected chi connectivity index (χ0v) is 13.5. The SMILES string of the molecule is CC(C)(CNC(=O)c1ccn(-c2cccc(C(F)(F)F)c2)n1)C(=O)O. The molecular formula is C16H16F3N3O3. The molecule has 2 rings (SSSR count). The molecule has 134 valence electrons. The van der Waals surface area contributed by atoms with Gasteiger partial charge in [-0.3, -0.25) is 9.59 Å². The first-order valence-electron chi connectivity index (χ1n) is 7.25. The highest BCUT2D eigenvalue weighted by Gasteiger charge is 2.31. The second-order valence-electron chi connectivity index (χ2n) is 6.07. The molecule has 0 aliphatic rings. The van der Waals surface area contributed by atoms with Crippen LogP contribution >= 0.6 is 0 Å². The molecule has 25 heavy (non-hydrogen) atoms. The summed E-state index contributed by atoms with van der Waals surface area (Å²) in [5.41, 5.74) is -1.85. The molecular weight excluding hydrogens is 339 g/mol. The number of carboxylic acids is 1. The number of rotatable bonds is 5. The molecule has 9 heteroatoms. The first-order valence-corrected chi connectivity index (χ1v) is 7.25. The fraction of sp³-hybridized carbons (Fsp3) is 0.312. The molecule has 0 bridgehead atoms. The van der Waals surface area contributed by atoms with E-state index < -0.39 is 29.0 Å². The largest absolute Gasteiger partial charge is 0.481 e. The molecule has 1 heterocycles. The Labute approximate surface area is 141 Å². The summed E-state index contributed by atoms with van der Waals surface area (Å²) < 4.78 is 39.4. The summed E-state index contributed by atoms with van der Waals surface area (Å²) >= 11 is 0. The van der Waals surface area contributed by atoms with Crippen LogP contribution in [0.4, 0.5) is 13.2 Å². The summed E-state index contributed by atoms with van der Waals surface area (Å²) in [7, 11) is 0. The number of aromatic nitrogens is 2. The summed E-state index contributed by atoms with van der Waals surface area (Å²) in [6.07, 6.45) is -3.13. The maximum absolute atomic E-state index is 12.8. The lowest BCUT2D eigenvalue weighted by Gasteiger charge is -2.18. The quantitative estimate of drug-likeness (QED) is 0.864. The summed E-state index contributed by atoms with van der Waals surface area (Å²) in [6, 6.07) is 5.87. The molecule has 0 saturated heterocycles. The predicted octanol–water partition coefficient (Wildman–Crippen LogP) is 2.73. The third-order valence-corrected chi connectivity index (χ3v) is 3.53. The van der Waals surface area contributed by atoms with E-state index in [1.165, 1.54) is 38.2 Å². The van der Waals surface area contributed by atoms with Crippen molar-refractivity contribution in [1.82, 2.24) is 15.1 Å². The van der Waals surface area contributed by atoms with Crippen molar-refractivity contribution in [2.24, 2.45) is 5.41 Å². The predicted molar refractivity (Wildman–Crippen MR) is 82.3 cm³/mol. The maximum atomic E-state index is 12.8. The molecule has 0 aliphatic carbocycles. The fourth-order valence-electron chi connectivity index (χ4n) is 1.88. The van der Waals surface area contributed by atoms with Crippen LogP contribution in [0, 0.1) is 5.41 Å². The van der Waals surface area contributed by atoms with Gasteiger partial charge in [-0.05, 0) is 38.1 Å². The lowest BCUT2D eigenvalue weighted by atomic mass is 9.94. The zero-order valence-electron chi connectivity index (χ0n) is 13.5. The van der Waals surface area contributed by atoms with Crippen LogP contribution in [0.15, 0.2) is 36.5 Å². The molecule has 0 fully saturated rings. The van der Waals surface area contributed by atoms with Gasteiger partial charge in [-0.25, -0.2) is 4.68 Å². The Hall–Kier alpha value is -2.84. The lowest BCUT2D eigenvalue weighted by Crippen LogP contribution is -2.39. The van der Waals surface area contributed by atoms with E-state index in [1.807, 2.05) is 0 Å². The van der Waals surface area contributed by atoms with Gasteiger partial charge in [0, 0.05) is 12.7 Å². The Bertz CT molecular complexity index is 797. The van der Waals surface area contributed by atoms with E-state index in [9.17, 15) is 22.8 Å². The van der Waals surface area contributed by atoms with Crippen LogP contribution in [0.5, 0.6) is 0 Å². The lowest BCUT2D eigenvalue weighted by molar-refractivity contribution is -0.146. The van der Waals surface area contributed by atoms with Crippen molar-refractivity contribution < 1.29 is 27.9 Å². The Morgan fingerprint density at radius 1 is 1.24 bits per heavy atom. The van der Waals surface area contributed by atoms with Gasteiger partial charge in [0.1, 0.15) is 0 Å². The van der Waals surface area contributed by atoms with Crippen LogP contribution in [0.1, 0.15) is 29.9 Å². The molecule has 1 aromatic heterocycles. The van der Waals surface area contributed by atoms with Gasteiger partial charge in [-0.15, -0.1) is 0 Å². The van der Waals surface area contributed by atoms with E-state index in [0.717, 1.165) is 16.8 Å². The number of carbonyl (C=O) groups is 2. The number of nitrogens with zero attached hydrogens (tertiary/aromatic N) is 2. The number of hydrogen-bond acceptors (Lipinski definition) is 3. The average molecular weight is 355 g/mol. The number of carbonyl (C=O) groups excluding carboxylic acids is 1. The molecule has 0 radical (unpaired) electrons. The first-order chi connectivity index (χ1) is 11.5. The number of benzene rings is 1. The molecule has 0 atom stereocenters. The minimum absolute atomic E-state index is 0.0291. The monoisotopic (exact) mass is 355 g/mol. The number of nitrogens with one attached hydrogen (secondary N) is 1. The summed E-state index contributed by atoms with van der Waals surface area (Å²) in [6.45, 7) is 2.80. The smallest absolute Gasteiger partial charge is 0.416 e. The Kier molecular flexibility index (Phi) is 4.87. The van der Waals surface area contributed by atoms with Gasteiger partial charge in [0.2, 0.25) is 0 Å². The molecule has 2 aromatic rings. The second-order valence-corrected chi connectivity index (χ2v) is 6.07. The van der Waals surface area contributed by atoms with Crippen molar-refractivity contribution in [3.8, 4) is 5.69 Å². The van der Waals surface area contributed by atoms with Crippen molar-refractivity contribution in [2.75, 3.05) is 6.54 Å². The molecule has 0 spiro atoms.